The Morgan fingerprint density at radius 1 is 0.929 bits per heavy atom. The number of aryl methyl sites for hydroxylation is 1. The van der Waals surface area contributed by atoms with Gasteiger partial charge >= 0.3 is 0 Å². The van der Waals surface area contributed by atoms with Gasteiger partial charge in [0.1, 0.15) is 0 Å². The van der Waals surface area contributed by atoms with Crippen LogP contribution in [0.4, 0.5) is 11.4 Å². The zero-order chi connectivity index (χ0) is 20.1. The first kappa shape index (κ1) is 19.6. The van der Waals surface area contributed by atoms with Crippen LogP contribution in [0.3, 0.4) is 0 Å². The summed E-state index contributed by atoms with van der Waals surface area (Å²) in [5.74, 6) is -3.36. The lowest BCUT2D eigenvalue weighted by molar-refractivity contribution is -0.313. The van der Waals surface area contributed by atoms with Gasteiger partial charge in [-0.3, -0.25) is 9.59 Å². The number of hydrogen-bond donors (Lipinski definition) is 2. The van der Waals surface area contributed by atoms with E-state index in [4.69, 9.17) is 0 Å². The molecule has 2 atom stereocenters. The molecule has 1 fully saturated rings. The zero-order valence-corrected chi connectivity index (χ0v) is 15.7. The van der Waals surface area contributed by atoms with Crippen molar-refractivity contribution in [3.63, 3.8) is 0 Å². The number of rotatable bonds is 5. The molecule has 0 aromatic heterocycles. The first-order valence-corrected chi connectivity index (χ1v) is 9.44. The summed E-state index contributed by atoms with van der Waals surface area (Å²) in [6, 6.07) is 14.1. The summed E-state index contributed by atoms with van der Waals surface area (Å²) >= 11 is 0. The molecule has 0 bridgehead atoms. The number of nitrogens with one attached hydrogen (secondary N) is 2. The van der Waals surface area contributed by atoms with E-state index in [1.807, 2.05) is 25.1 Å². The van der Waals surface area contributed by atoms with Crippen LogP contribution in [-0.4, -0.2) is 17.8 Å². The number of carbonyl (C=O) groups excluding carboxylic acids is 3. The highest BCUT2D eigenvalue weighted by Gasteiger charge is 2.32. The van der Waals surface area contributed by atoms with Crippen molar-refractivity contribution in [3.05, 3.63) is 59.7 Å². The number of hydrogen-bond acceptors (Lipinski definition) is 4. The lowest BCUT2D eigenvalue weighted by atomic mass is 9.78. The molecular formula is C22H23N2O4-. The second-order valence-electron chi connectivity index (χ2n) is 7.17. The minimum absolute atomic E-state index is 0.318. The highest BCUT2D eigenvalue weighted by molar-refractivity contribution is 6.10. The minimum atomic E-state index is -1.19. The van der Waals surface area contributed by atoms with Gasteiger partial charge in [0, 0.05) is 23.5 Å². The highest BCUT2D eigenvalue weighted by atomic mass is 16.4. The molecule has 3 rings (SSSR count). The number of carboxylic acid groups (broad SMARTS) is 1. The summed E-state index contributed by atoms with van der Waals surface area (Å²) in [4.78, 5) is 36.8. The van der Waals surface area contributed by atoms with Gasteiger partial charge in [-0.05, 0) is 49.6 Å². The van der Waals surface area contributed by atoms with Crippen LogP contribution in [0.1, 0.15) is 41.6 Å². The van der Waals surface area contributed by atoms with Crippen molar-refractivity contribution in [2.45, 2.75) is 32.6 Å². The molecule has 0 spiro atoms. The average Bonchev–Trinajstić information content (AvgIpc) is 2.68. The van der Waals surface area contributed by atoms with Crippen molar-refractivity contribution in [1.82, 2.24) is 0 Å². The maximum Gasteiger partial charge on any atom is 0.257 e. The van der Waals surface area contributed by atoms with Crippen molar-refractivity contribution in [2.75, 3.05) is 10.6 Å². The van der Waals surface area contributed by atoms with Crippen LogP contribution in [0.5, 0.6) is 0 Å². The summed E-state index contributed by atoms with van der Waals surface area (Å²) in [6.07, 6.45) is 2.52. The molecule has 6 nitrogen and oxygen atoms in total. The predicted molar refractivity (Wildman–Crippen MR) is 105 cm³/mol. The second kappa shape index (κ2) is 8.69. The zero-order valence-electron chi connectivity index (χ0n) is 15.7. The third-order valence-corrected chi connectivity index (χ3v) is 5.11. The van der Waals surface area contributed by atoms with Crippen LogP contribution < -0.4 is 15.7 Å². The number of anilines is 2. The molecule has 6 heteroatoms. The Hall–Kier alpha value is -3.15. The molecule has 0 radical (unpaired) electrons. The maximum absolute atomic E-state index is 12.7. The number of carbonyl (C=O) groups is 3. The standard InChI is InChI=1S/C22H24N2O4/c1-14-7-6-8-15(13-14)23-21(26)18-11-4-5-12-19(18)24-20(25)16-9-2-3-10-17(16)22(27)28/h4-8,11-13,16-17H,2-3,9-10H2,1H3,(H,23,26)(H,24,25)(H,27,28)/p-1/t16-,17-/m1/s1. The van der Waals surface area contributed by atoms with Gasteiger partial charge in [0.05, 0.1) is 11.3 Å². The number of para-hydroxylation sites is 1. The number of amides is 2. The first-order chi connectivity index (χ1) is 13.5. The van der Waals surface area contributed by atoms with E-state index < -0.39 is 17.8 Å². The molecule has 2 amide bonds. The Morgan fingerprint density at radius 2 is 1.64 bits per heavy atom. The Kier molecular flexibility index (Phi) is 6.09. The summed E-state index contributed by atoms with van der Waals surface area (Å²) in [6.45, 7) is 1.93. The van der Waals surface area contributed by atoms with Gasteiger partial charge in [0.25, 0.3) is 5.91 Å². The Labute approximate surface area is 164 Å². The SMILES string of the molecule is Cc1cccc(NC(=O)c2ccccc2NC(=O)[C@@H]2CCCC[C@H]2C(=O)[O-])c1. The lowest BCUT2D eigenvalue weighted by Crippen LogP contribution is -2.42. The minimum Gasteiger partial charge on any atom is -0.550 e. The van der Waals surface area contributed by atoms with Crippen LogP contribution in [0.15, 0.2) is 48.5 Å². The van der Waals surface area contributed by atoms with Gasteiger partial charge in [0.15, 0.2) is 0 Å². The van der Waals surface area contributed by atoms with Crippen LogP contribution in [-0.2, 0) is 9.59 Å². The maximum atomic E-state index is 12.7. The summed E-state index contributed by atoms with van der Waals surface area (Å²) in [7, 11) is 0. The van der Waals surface area contributed by atoms with E-state index in [0.29, 0.717) is 29.8 Å². The lowest BCUT2D eigenvalue weighted by Gasteiger charge is -2.31. The van der Waals surface area contributed by atoms with Gasteiger partial charge in [-0.1, -0.05) is 37.1 Å². The van der Waals surface area contributed by atoms with Crippen LogP contribution in [0.2, 0.25) is 0 Å². The van der Waals surface area contributed by atoms with Crippen LogP contribution in [0.25, 0.3) is 0 Å². The molecule has 28 heavy (non-hydrogen) atoms. The normalized spacial score (nSPS) is 18.9. The molecule has 0 unspecified atom stereocenters. The van der Waals surface area contributed by atoms with Crippen LogP contribution in [0, 0.1) is 18.8 Å². The highest BCUT2D eigenvalue weighted by Crippen LogP contribution is 2.31. The molecule has 0 aliphatic heterocycles. The van der Waals surface area contributed by atoms with Gasteiger partial charge in [-0.15, -0.1) is 0 Å². The van der Waals surface area contributed by atoms with E-state index in [1.165, 1.54) is 0 Å². The number of benzene rings is 2. The average molecular weight is 379 g/mol. The summed E-state index contributed by atoms with van der Waals surface area (Å²) in [5, 5.41) is 16.9. The quantitative estimate of drug-likeness (QED) is 0.834. The summed E-state index contributed by atoms with van der Waals surface area (Å²) < 4.78 is 0. The van der Waals surface area contributed by atoms with Crippen molar-refractivity contribution >= 4 is 29.2 Å². The topological polar surface area (TPSA) is 98.3 Å². The largest absolute Gasteiger partial charge is 0.550 e. The molecule has 2 aromatic carbocycles. The Bertz CT molecular complexity index is 894. The number of aliphatic carboxylic acids is 1. The van der Waals surface area contributed by atoms with Gasteiger partial charge in [-0.2, -0.15) is 0 Å². The van der Waals surface area contributed by atoms with E-state index >= 15 is 0 Å². The van der Waals surface area contributed by atoms with Crippen molar-refractivity contribution in [1.29, 1.82) is 0 Å². The van der Waals surface area contributed by atoms with Gasteiger partial charge in [-0.25, -0.2) is 0 Å². The predicted octanol–water partition coefficient (Wildman–Crippen LogP) is 2.74. The van der Waals surface area contributed by atoms with E-state index in [1.54, 1.807) is 30.3 Å². The second-order valence-corrected chi connectivity index (χ2v) is 7.17. The molecule has 0 saturated heterocycles. The third-order valence-electron chi connectivity index (χ3n) is 5.11. The molecule has 146 valence electrons. The van der Waals surface area contributed by atoms with Crippen molar-refractivity contribution < 1.29 is 19.5 Å². The van der Waals surface area contributed by atoms with E-state index in [9.17, 15) is 19.5 Å². The molecule has 1 saturated carbocycles. The fourth-order valence-corrected chi connectivity index (χ4v) is 3.66. The molecule has 0 heterocycles. The molecular weight excluding hydrogens is 356 g/mol. The molecule has 2 N–H and O–H groups in total. The molecule has 2 aromatic rings. The van der Waals surface area contributed by atoms with Gasteiger partial charge in [0.2, 0.25) is 5.91 Å². The van der Waals surface area contributed by atoms with Crippen molar-refractivity contribution in [3.8, 4) is 0 Å². The molecule has 1 aliphatic rings. The number of carboxylic acids is 1. The van der Waals surface area contributed by atoms with E-state index in [0.717, 1.165) is 18.4 Å². The van der Waals surface area contributed by atoms with Gasteiger partial charge < -0.3 is 20.5 Å². The fraction of sp³-hybridized carbons (Fsp3) is 0.318. The summed E-state index contributed by atoms with van der Waals surface area (Å²) in [5.41, 5.74) is 2.36. The molecule has 1 aliphatic carbocycles. The fourth-order valence-electron chi connectivity index (χ4n) is 3.66. The monoisotopic (exact) mass is 379 g/mol. The van der Waals surface area contributed by atoms with Crippen molar-refractivity contribution in [2.24, 2.45) is 11.8 Å². The Balaban J connectivity index is 1.77. The smallest absolute Gasteiger partial charge is 0.257 e. The van der Waals surface area contributed by atoms with E-state index in [2.05, 4.69) is 10.6 Å². The van der Waals surface area contributed by atoms with Crippen LogP contribution >= 0.6 is 0 Å². The Morgan fingerprint density at radius 3 is 2.36 bits per heavy atom. The first-order valence-electron chi connectivity index (χ1n) is 9.44. The third kappa shape index (κ3) is 4.57. The van der Waals surface area contributed by atoms with E-state index in [-0.39, 0.29) is 11.8 Å².